The van der Waals surface area contributed by atoms with Crippen molar-refractivity contribution in [1.29, 1.82) is 10.5 Å². The standard InChI is InChI=1S/C19H19FN4O2/c1-2-3-4-7-26-11-12-8-13(20)5-6-14(12)17-15(9-21)18(23)24-19(25)16(17)10-22/h5-6,8H,2-4,7,11H2,1H3,(H3,23,24,25). The molecule has 3 N–H and O–H groups in total. The molecule has 0 saturated heterocycles. The number of benzene rings is 1. The second kappa shape index (κ2) is 8.80. The Morgan fingerprint density at radius 1 is 1.23 bits per heavy atom. The van der Waals surface area contributed by atoms with Crippen LogP contribution in [0.25, 0.3) is 11.1 Å². The lowest BCUT2D eigenvalue weighted by Crippen LogP contribution is -2.17. The van der Waals surface area contributed by atoms with Crippen LogP contribution in [0.4, 0.5) is 10.2 Å². The lowest BCUT2D eigenvalue weighted by molar-refractivity contribution is 0.117. The van der Waals surface area contributed by atoms with Gasteiger partial charge in [-0.3, -0.25) is 4.79 Å². The second-order valence-corrected chi connectivity index (χ2v) is 5.78. The topological polar surface area (TPSA) is 116 Å². The summed E-state index contributed by atoms with van der Waals surface area (Å²) < 4.78 is 19.3. The predicted molar refractivity (Wildman–Crippen MR) is 95.5 cm³/mol. The zero-order valence-electron chi connectivity index (χ0n) is 14.4. The number of nitrogens with zero attached hydrogens (tertiary/aromatic N) is 2. The molecule has 0 amide bonds. The number of aromatic amines is 1. The van der Waals surface area contributed by atoms with Crippen molar-refractivity contribution >= 4 is 5.82 Å². The number of H-pyrrole nitrogens is 1. The molecule has 2 aromatic rings. The third kappa shape index (κ3) is 4.08. The van der Waals surface area contributed by atoms with Crippen LogP contribution in [0, 0.1) is 28.5 Å². The van der Waals surface area contributed by atoms with Crippen LogP contribution in [0.5, 0.6) is 0 Å². The average molecular weight is 354 g/mol. The first kappa shape index (κ1) is 19.2. The number of anilines is 1. The Kier molecular flexibility index (Phi) is 6.48. The summed E-state index contributed by atoms with van der Waals surface area (Å²) in [5.74, 6) is -0.610. The number of hydrogen-bond donors (Lipinski definition) is 2. The molecule has 1 heterocycles. The third-order valence-electron chi connectivity index (χ3n) is 3.95. The number of nitrogens with two attached hydrogens (primary N) is 1. The van der Waals surface area contributed by atoms with Crippen molar-refractivity contribution in [3.05, 3.63) is 51.1 Å². The van der Waals surface area contributed by atoms with E-state index in [2.05, 4.69) is 11.9 Å². The molecule has 0 unspecified atom stereocenters. The van der Waals surface area contributed by atoms with E-state index in [1.165, 1.54) is 18.2 Å². The van der Waals surface area contributed by atoms with Gasteiger partial charge >= 0.3 is 0 Å². The molecule has 0 aliphatic heterocycles. The van der Waals surface area contributed by atoms with Crippen LogP contribution in [0.1, 0.15) is 42.9 Å². The molecule has 0 spiro atoms. The number of aromatic nitrogens is 1. The van der Waals surface area contributed by atoms with Gasteiger partial charge in [0.05, 0.1) is 6.61 Å². The van der Waals surface area contributed by atoms with Crippen molar-refractivity contribution in [2.75, 3.05) is 12.3 Å². The minimum Gasteiger partial charge on any atom is -0.384 e. The van der Waals surface area contributed by atoms with Crippen molar-refractivity contribution in [3.8, 4) is 23.3 Å². The zero-order valence-corrected chi connectivity index (χ0v) is 14.4. The maximum atomic E-state index is 13.7. The number of rotatable bonds is 7. The number of nitrogens with one attached hydrogen (secondary N) is 1. The molecule has 2 rings (SSSR count). The van der Waals surface area contributed by atoms with E-state index in [0.29, 0.717) is 17.7 Å². The van der Waals surface area contributed by atoms with Crippen LogP contribution < -0.4 is 11.3 Å². The number of pyridine rings is 1. The Labute approximate surface area is 150 Å². The molecule has 0 fully saturated rings. The van der Waals surface area contributed by atoms with Crippen LogP contribution in [0.2, 0.25) is 0 Å². The van der Waals surface area contributed by atoms with E-state index in [1.807, 2.05) is 6.07 Å². The summed E-state index contributed by atoms with van der Waals surface area (Å²) in [4.78, 5) is 14.4. The largest absolute Gasteiger partial charge is 0.384 e. The fourth-order valence-corrected chi connectivity index (χ4v) is 2.67. The minimum atomic E-state index is -0.696. The van der Waals surface area contributed by atoms with Crippen LogP contribution in [0.3, 0.4) is 0 Å². The van der Waals surface area contributed by atoms with Crippen LogP contribution >= 0.6 is 0 Å². The van der Waals surface area contributed by atoms with Gasteiger partial charge in [-0.05, 0) is 29.7 Å². The molecule has 0 atom stereocenters. The normalized spacial score (nSPS) is 10.3. The van der Waals surface area contributed by atoms with Gasteiger partial charge in [-0.25, -0.2) is 4.39 Å². The van der Waals surface area contributed by atoms with Crippen LogP contribution in [-0.2, 0) is 11.3 Å². The Hall–Kier alpha value is -3.16. The lowest BCUT2D eigenvalue weighted by Gasteiger charge is -2.14. The summed E-state index contributed by atoms with van der Waals surface area (Å²) in [5, 5.41) is 18.8. The summed E-state index contributed by atoms with van der Waals surface area (Å²) in [5.41, 5.74) is 5.70. The van der Waals surface area contributed by atoms with Crippen molar-refractivity contribution in [2.24, 2.45) is 0 Å². The van der Waals surface area contributed by atoms with Gasteiger partial charge in [0.2, 0.25) is 0 Å². The van der Waals surface area contributed by atoms with Gasteiger partial charge in [0, 0.05) is 12.2 Å². The van der Waals surface area contributed by atoms with Gasteiger partial charge < -0.3 is 15.5 Å². The average Bonchev–Trinajstić information content (AvgIpc) is 2.61. The molecular weight excluding hydrogens is 335 g/mol. The van der Waals surface area contributed by atoms with E-state index in [4.69, 9.17) is 10.5 Å². The van der Waals surface area contributed by atoms with Crippen molar-refractivity contribution in [3.63, 3.8) is 0 Å². The van der Waals surface area contributed by atoms with Gasteiger partial charge in [0.1, 0.15) is 34.9 Å². The Morgan fingerprint density at radius 2 is 1.96 bits per heavy atom. The SMILES string of the molecule is CCCCCOCc1cc(F)ccc1-c1c(C#N)c(N)[nH]c(=O)c1C#N. The molecule has 6 nitrogen and oxygen atoms in total. The highest BCUT2D eigenvalue weighted by atomic mass is 19.1. The minimum absolute atomic E-state index is 0.0278. The maximum Gasteiger partial charge on any atom is 0.268 e. The van der Waals surface area contributed by atoms with Gasteiger partial charge in [0.15, 0.2) is 0 Å². The Morgan fingerprint density at radius 3 is 2.62 bits per heavy atom. The molecule has 1 aromatic heterocycles. The number of hydrogen-bond acceptors (Lipinski definition) is 5. The number of nitriles is 2. The fourth-order valence-electron chi connectivity index (χ4n) is 2.67. The lowest BCUT2D eigenvalue weighted by atomic mass is 9.93. The van der Waals surface area contributed by atoms with Crippen LogP contribution in [-0.4, -0.2) is 11.6 Å². The van der Waals surface area contributed by atoms with Gasteiger partial charge in [-0.1, -0.05) is 25.8 Å². The summed E-state index contributed by atoms with van der Waals surface area (Å²) in [6.45, 7) is 2.69. The maximum absolute atomic E-state index is 13.7. The first-order valence-electron chi connectivity index (χ1n) is 8.26. The number of nitrogen functional groups attached to an aromatic ring is 1. The summed E-state index contributed by atoms with van der Waals surface area (Å²) in [6.07, 6.45) is 2.96. The van der Waals surface area contributed by atoms with Crippen molar-refractivity contribution in [2.45, 2.75) is 32.8 Å². The van der Waals surface area contributed by atoms with Gasteiger partial charge in [0.25, 0.3) is 5.56 Å². The highest BCUT2D eigenvalue weighted by molar-refractivity contribution is 5.81. The molecule has 1 aromatic carbocycles. The highest BCUT2D eigenvalue weighted by Gasteiger charge is 2.20. The van der Waals surface area contributed by atoms with E-state index in [0.717, 1.165) is 19.3 Å². The van der Waals surface area contributed by atoms with Gasteiger partial charge in [-0.15, -0.1) is 0 Å². The molecular formula is C19H19FN4O2. The Bertz CT molecular complexity index is 938. The quantitative estimate of drug-likeness (QED) is 0.741. The summed E-state index contributed by atoms with van der Waals surface area (Å²) in [7, 11) is 0. The van der Waals surface area contributed by atoms with Crippen molar-refractivity contribution in [1.82, 2.24) is 4.98 Å². The molecule has 0 saturated carbocycles. The molecule has 0 aliphatic rings. The first-order valence-corrected chi connectivity index (χ1v) is 8.26. The monoisotopic (exact) mass is 354 g/mol. The molecule has 0 radical (unpaired) electrons. The number of ether oxygens (including phenoxy) is 1. The molecule has 26 heavy (non-hydrogen) atoms. The zero-order chi connectivity index (χ0) is 19.1. The van der Waals surface area contributed by atoms with E-state index < -0.39 is 11.4 Å². The second-order valence-electron chi connectivity index (χ2n) is 5.78. The number of halogens is 1. The van der Waals surface area contributed by atoms with E-state index >= 15 is 0 Å². The van der Waals surface area contributed by atoms with E-state index in [-0.39, 0.29) is 29.1 Å². The van der Waals surface area contributed by atoms with E-state index in [1.54, 1.807) is 6.07 Å². The predicted octanol–water partition coefficient (Wildman–Crippen LogP) is 3.21. The van der Waals surface area contributed by atoms with Crippen LogP contribution in [0.15, 0.2) is 23.0 Å². The smallest absolute Gasteiger partial charge is 0.268 e. The fraction of sp³-hybridized carbons (Fsp3) is 0.316. The van der Waals surface area contributed by atoms with Gasteiger partial charge in [-0.2, -0.15) is 10.5 Å². The molecule has 134 valence electrons. The third-order valence-corrected chi connectivity index (χ3v) is 3.95. The number of unbranched alkanes of at least 4 members (excludes halogenated alkanes) is 2. The molecule has 0 aliphatic carbocycles. The first-order chi connectivity index (χ1) is 12.5. The highest BCUT2D eigenvalue weighted by Crippen LogP contribution is 2.31. The summed E-state index contributed by atoms with van der Waals surface area (Å²) >= 11 is 0. The summed E-state index contributed by atoms with van der Waals surface area (Å²) in [6, 6.07) is 7.62. The Balaban J connectivity index is 2.54. The van der Waals surface area contributed by atoms with Crippen molar-refractivity contribution < 1.29 is 9.13 Å². The van der Waals surface area contributed by atoms with E-state index in [9.17, 15) is 19.7 Å². The molecule has 7 heteroatoms. The molecule has 0 bridgehead atoms.